The molecule has 0 saturated carbocycles. The molecule has 0 radical (unpaired) electrons. The van der Waals surface area contributed by atoms with Crippen LogP contribution in [-0.2, 0) is 4.79 Å². The maximum absolute atomic E-state index is 11.5. The zero-order valence-electron chi connectivity index (χ0n) is 9.55. The maximum Gasteiger partial charge on any atom is 0.136 e. The highest BCUT2D eigenvalue weighted by Gasteiger charge is 2.45. The monoisotopic (exact) mass is 195 g/mol. The number of nitrogens with zero attached hydrogens (tertiary/aromatic N) is 1. The molecule has 0 N–H and O–H groups in total. The van der Waals surface area contributed by atoms with Crippen LogP contribution >= 0.6 is 0 Å². The number of rotatable bonds is 2. The lowest BCUT2D eigenvalue weighted by Crippen LogP contribution is -2.54. The largest absolute Gasteiger partial charge is 0.300 e. The minimum atomic E-state index is 0.284. The second-order valence-electron chi connectivity index (χ2n) is 5.41. The van der Waals surface area contributed by atoms with Crippen LogP contribution in [0.25, 0.3) is 0 Å². The molecule has 2 aliphatic rings. The van der Waals surface area contributed by atoms with Gasteiger partial charge in [0.15, 0.2) is 0 Å². The van der Waals surface area contributed by atoms with Gasteiger partial charge in [-0.05, 0) is 33.1 Å². The number of ketones is 1. The van der Waals surface area contributed by atoms with Gasteiger partial charge in [0.1, 0.15) is 5.78 Å². The van der Waals surface area contributed by atoms with Crippen LogP contribution in [0.1, 0.15) is 52.9 Å². The highest BCUT2D eigenvalue weighted by Crippen LogP contribution is 2.40. The van der Waals surface area contributed by atoms with Crippen LogP contribution in [-0.4, -0.2) is 28.3 Å². The fraction of sp³-hybridized carbons (Fsp3) is 0.917. The van der Waals surface area contributed by atoms with Crippen molar-refractivity contribution in [1.82, 2.24) is 4.90 Å². The molecular formula is C12H21NO. The Morgan fingerprint density at radius 1 is 1.29 bits per heavy atom. The lowest BCUT2D eigenvalue weighted by molar-refractivity contribution is -0.125. The molecule has 2 saturated heterocycles. The van der Waals surface area contributed by atoms with Crippen molar-refractivity contribution in [3.8, 4) is 0 Å². The Bertz CT molecular complexity index is 231. The van der Waals surface area contributed by atoms with Gasteiger partial charge in [-0.15, -0.1) is 0 Å². The highest BCUT2D eigenvalue weighted by molar-refractivity contribution is 5.81. The number of fused-ring (bicyclic) bond motifs is 2. The fourth-order valence-electron chi connectivity index (χ4n) is 3.14. The topological polar surface area (TPSA) is 20.3 Å². The molecule has 2 aliphatic heterocycles. The standard InChI is InChI=1S/C12H21NO/c1-4-12(2,3)13-9-5-6-10(13)8-11(14)7-9/h9-10H,4-8H2,1-3H3/t9-,10+. The summed E-state index contributed by atoms with van der Waals surface area (Å²) in [7, 11) is 0. The summed E-state index contributed by atoms with van der Waals surface area (Å²) >= 11 is 0. The number of hydrogen-bond acceptors (Lipinski definition) is 2. The van der Waals surface area contributed by atoms with Crippen molar-refractivity contribution in [3.05, 3.63) is 0 Å². The lowest BCUT2D eigenvalue weighted by atomic mass is 9.91. The average Bonchev–Trinajstić information content (AvgIpc) is 2.40. The van der Waals surface area contributed by atoms with E-state index in [-0.39, 0.29) is 5.54 Å². The Hall–Kier alpha value is -0.370. The van der Waals surface area contributed by atoms with Crippen molar-refractivity contribution < 1.29 is 4.79 Å². The van der Waals surface area contributed by atoms with Gasteiger partial charge >= 0.3 is 0 Å². The second kappa shape index (κ2) is 3.34. The van der Waals surface area contributed by atoms with Gasteiger partial charge in [0.2, 0.25) is 0 Å². The SMILES string of the molecule is CCC(C)(C)N1[C@@H]2CC[C@H]1CC(=O)C2. The van der Waals surface area contributed by atoms with Gasteiger partial charge in [-0.1, -0.05) is 6.92 Å². The summed E-state index contributed by atoms with van der Waals surface area (Å²) in [5.41, 5.74) is 0.284. The molecule has 2 rings (SSSR count). The van der Waals surface area contributed by atoms with Crippen molar-refractivity contribution in [3.63, 3.8) is 0 Å². The molecule has 2 heteroatoms. The normalized spacial score (nSPS) is 33.8. The predicted molar refractivity (Wildman–Crippen MR) is 57.3 cm³/mol. The Kier molecular flexibility index (Phi) is 2.42. The molecule has 0 unspecified atom stereocenters. The van der Waals surface area contributed by atoms with Crippen molar-refractivity contribution in [2.75, 3.05) is 0 Å². The average molecular weight is 195 g/mol. The Balaban J connectivity index is 2.18. The van der Waals surface area contributed by atoms with E-state index in [4.69, 9.17) is 0 Å². The minimum Gasteiger partial charge on any atom is -0.300 e. The van der Waals surface area contributed by atoms with E-state index < -0.39 is 0 Å². The first-order valence-corrected chi connectivity index (χ1v) is 5.84. The third kappa shape index (κ3) is 1.50. The Morgan fingerprint density at radius 2 is 1.79 bits per heavy atom. The molecule has 0 spiro atoms. The van der Waals surface area contributed by atoms with E-state index in [1.54, 1.807) is 0 Å². The smallest absolute Gasteiger partial charge is 0.136 e. The number of Topliss-reactive ketones (excluding diaryl/α,β-unsaturated/α-hetero) is 1. The van der Waals surface area contributed by atoms with Crippen LogP contribution in [0.3, 0.4) is 0 Å². The molecule has 2 bridgehead atoms. The van der Waals surface area contributed by atoms with E-state index in [0.717, 1.165) is 12.8 Å². The molecule has 2 nitrogen and oxygen atoms in total. The summed E-state index contributed by atoms with van der Waals surface area (Å²) in [5, 5.41) is 0. The molecule has 0 aromatic carbocycles. The second-order valence-corrected chi connectivity index (χ2v) is 5.41. The van der Waals surface area contributed by atoms with E-state index in [9.17, 15) is 4.79 Å². The van der Waals surface area contributed by atoms with Crippen LogP contribution in [0.5, 0.6) is 0 Å². The molecule has 2 fully saturated rings. The van der Waals surface area contributed by atoms with Crippen LogP contribution in [0, 0.1) is 0 Å². The Morgan fingerprint density at radius 3 is 2.21 bits per heavy atom. The zero-order valence-corrected chi connectivity index (χ0v) is 9.55. The number of hydrogen-bond donors (Lipinski definition) is 0. The molecule has 14 heavy (non-hydrogen) atoms. The molecule has 0 aromatic heterocycles. The lowest BCUT2D eigenvalue weighted by Gasteiger charge is -2.45. The quantitative estimate of drug-likeness (QED) is 0.674. The van der Waals surface area contributed by atoms with Gasteiger partial charge < -0.3 is 0 Å². The molecule has 2 atom stereocenters. The summed E-state index contributed by atoms with van der Waals surface area (Å²) < 4.78 is 0. The van der Waals surface area contributed by atoms with Crippen LogP contribution in [0.2, 0.25) is 0 Å². The molecule has 0 aromatic rings. The summed E-state index contributed by atoms with van der Waals surface area (Å²) in [5.74, 6) is 0.487. The van der Waals surface area contributed by atoms with Gasteiger partial charge in [-0.2, -0.15) is 0 Å². The van der Waals surface area contributed by atoms with Crippen LogP contribution in [0.15, 0.2) is 0 Å². The van der Waals surface area contributed by atoms with E-state index in [2.05, 4.69) is 25.7 Å². The van der Waals surface area contributed by atoms with Crippen molar-refractivity contribution >= 4 is 5.78 Å². The van der Waals surface area contributed by atoms with Gasteiger partial charge in [0.25, 0.3) is 0 Å². The minimum absolute atomic E-state index is 0.284. The van der Waals surface area contributed by atoms with Gasteiger partial charge in [-0.25, -0.2) is 0 Å². The first-order chi connectivity index (χ1) is 6.54. The molecule has 0 amide bonds. The van der Waals surface area contributed by atoms with Gasteiger partial charge in [0.05, 0.1) is 0 Å². The van der Waals surface area contributed by atoms with Crippen molar-refractivity contribution in [2.24, 2.45) is 0 Å². The molecule has 80 valence electrons. The van der Waals surface area contributed by atoms with E-state index in [0.29, 0.717) is 17.9 Å². The predicted octanol–water partition coefficient (Wildman–Crippen LogP) is 2.37. The Labute approximate surface area is 86.7 Å². The summed E-state index contributed by atoms with van der Waals surface area (Å²) in [6, 6.07) is 1.10. The van der Waals surface area contributed by atoms with E-state index in [1.165, 1.54) is 19.3 Å². The van der Waals surface area contributed by atoms with Crippen molar-refractivity contribution in [2.45, 2.75) is 70.5 Å². The first kappa shape index (κ1) is 10.2. The first-order valence-electron chi connectivity index (χ1n) is 5.84. The number of carbonyl (C=O) groups is 1. The van der Waals surface area contributed by atoms with Crippen LogP contribution in [0.4, 0.5) is 0 Å². The highest BCUT2D eigenvalue weighted by atomic mass is 16.1. The third-order valence-corrected chi connectivity index (χ3v) is 4.11. The fourth-order valence-corrected chi connectivity index (χ4v) is 3.14. The molecule has 0 aliphatic carbocycles. The number of carbonyl (C=O) groups excluding carboxylic acids is 1. The van der Waals surface area contributed by atoms with E-state index in [1.807, 2.05) is 0 Å². The zero-order chi connectivity index (χ0) is 10.3. The van der Waals surface area contributed by atoms with Crippen molar-refractivity contribution in [1.29, 1.82) is 0 Å². The number of piperidine rings is 1. The van der Waals surface area contributed by atoms with Gasteiger partial charge in [0, 0.05) is 30.5 Å². The third-order valence-electron chi connectivity index (χ3n) is 4.11. The molecule has 2 heterocycles. The van der Waals surface area contributed by atoms with E-state index >= 15 is 0 Å². The summed E-state index contributed by atoms with van der Waals surface area (Å²) in [6.45, 7) is 6.87. The van der Waals surface area contributed by atoms with Crippen LogP contribution < -0.4 is 0 Å². The summed E-state index contributed by atoms with van der Waals surface area (Å²) in [4.78, 5) is 14.1. The summed E-state index contributed by atoms with van der Waals surface area (Å²) in [6.07, 6.45) is 5.26. The van der Waals surface area contributed by atoms with Gasteiger partial charge in [-0.3, -0.25) is 9.69 Å². The maximum atomic E-state index is 11.5. The molecular weight excluding hydrogens is 174 g/mol.